The van der Waals surface area contributed by atoms with E-state index < -0.39 is 0 Å². The van der Waals surface area contributed by atoms with Crippen LogP contribution in [-0.2, 0) is 4.79 Å². The van der Waals surface area contributed by atoms with Gasteiger partial charge in [0.25, 0.3) is 0 Å². The van der Waals surface area contributed by atoms with Crippen molar-refractivity contribution in [1.82, 2.24) is 4.90 Å². The summed E-state index contributed by atoms with van der Waals surface area (Å²) < 4.78 is 0. The molecule has 0 aliphatic heterocycles. The molecule has 0 spiro atoms. The van der Waals surface area contributed by atoms with Gasteiger partial charge in [-0.3, -0.25) is 4.79 Å². The summed E-state index contributed by atoms with van der Waals surface area (Å²) in [5.74, 6) is 5.25. The quantitative estimate of drug-likeness (QED) is 0.515. The first kappa shape index (κ1) is 20.7. The van der Waals surface area contributed by atoms with Crippen LogP contribution >= 0.6 is 0 Å². The monoisotopic (exact) mass is 387 g/mol. The van der Waals surface area contributed by atoms with Crippen LogP contribution in [0.15, 0.2) is 0 Å². The zero-order chi connectivity index (χ0) is 19.9. The smallest absolute Gasteiger partial charge is 0.222 e. The number of nitrogens with zero attached hydrogens (tertiary/aromatic N) is 1. The third-order valence-electron chi connectivity index (χ3n) is 10.6. The molecule has 2 nitrogen and oxygen atoms in total. The third-order valence-corrected chi connectivity index (χ3v) is 10.6. The maximum atomic E-state index is 12.2. The van der Waals surface area contributed by atoms with Gasteiger partial charge >= 0.3 is 0 Å². The van der Waals surface area contributed by atoms with E-state index in [1.807, 2.05) is 11.9 Å². The lowest BCUT2D eigenvalue weighted by Crippen LogP contribution is -2.52. The van der Waals surface area contributed by atoms with Gasteiger partial charge in [0.1, 0.15) is 0 Å². The molecule has 0 bridgehead atoms. The molecule has 4 rings (SSSR count). The normalized spacial score (nSPS) is 45.1. The van der Waals surface area contributed by atoms with Crippen molar-refractivity contribution >= 4 is 5.91 Å². The molecule has 0 aromatic carbocycles. The average molecular weight is 388 g/mol. The maximum Gasteiger partial charge on any atom is 0.222 e. The van der Waals surface area contributed by atoms with E-state index in [4.69, 9.17) is 0 Å². The molecule has 7 atom stereocenters. The van der Waals surface area contributed by atoms with Crippen LogP contribution in [0.5, 0.6) is 0 Å². The molecule has 0 radical (unpaired) electrons. The summed E-state index contributed by atoms with van der Waals surface area (Å²) in [5, 5.41) is 0. The van der Waals surface area contributed by atoms with Crippen LogP contribution in [0.4, 0.5) is 0 Å². The molecule has 4 aliphatic rings. The Kier molecular flexibility index (Phi) is 5.89. The number of hydrogen-bond acceptors (Lipinski definition) is 1. The number of carbonyl (C=O) groups is 1. The number of hydrogen-bond donors (Lipinski definition) is 0. The Labute approximate surface area is 174 Å². The van der Waals surface area contributed by atoms with Gasteiger partial charge in [-0.25, -0.2) is 0 Å². The first-order valence-corrected chi connectivity index (χ1v) is 12.6. The van der Waals surface area contributed by atoms with Gasteiger partial charge in [-0.1, -0.05) is 26.7 Å². The summed E-state index contributed by atoms with van der Waals surface area (Å²) >= 11 is 0. The van der Waals surface area contributed by atoms with Crippen LogP contribution in [-0.4, -0.2) is 24.4 Å². The predicted octanol–water partition coefficient (Wildman–Crippen LogP) is 6.68. The molecule has 0 heterocycles. The summed E-state index contributed by atoms with van der Waals surface area (Å²) in [5.41, 5.74) is 1.23. The third kappa shape index (κ3) is 3.35. The molecule has 2 heteroatoms. The lowest BCUT2D eigenvalue weighted by Gasteiger charge is -2.60. The van der Waals surface area contributed by atoms with Gasteiger partial charge in [-0.05, 0) is 112 Å². The molecule has 4 saturated carbocycles. The van der Waals surface area contributed by atoms with E-state index >= 15 is 0 Å². The van der Waals surface area contributed by atoms with Gasteiger partial charge in [0.15, 0.2) is 0 Å². The SMILES string of the molecule is CCN(C)C(=O)CCCC1CCC2C3CCC4CCCCC4(C)C3CCC12C. The molecule has 0 saturated heterocycles. The van der Waals surface area contributed by atoms with E-state index in [1.54, 1.807) is 0 Å². The van der Waals surface area contributed by atoms with Crippen LogP contribution < -0.4 is 0 Å². The molecule has 4 aliphatic carbocycles. The topological polar surface area (TPSA) is 20.3 Å². The lowest BCUT2D eigenvalue weighted by molar-refractivity contribution is -0.130. The van der Waals surface area contributed by atoms with Crippen molar-refractivity contribution in [2.75, 3.05) is 13.6 Å². The molecular formula is C26H45NO. The Morgan fingerprint density at radius 2 is 1.71 bits per heavy atom. The van der Waals surface area contributed by atoms with Crippen molar-refractivity contribution in [2.45, 2.75) is 104 Å². The van der Waals surface area contributed by atoms with E-state index in [1.165, 1.54) is 70.6 Å². The zero-order valence-corrected chi connectivity index (χ0v) is 19.1. The highest BCUT2D eigenvalue weighted by Gasteiger charge is 2.59. The van der Waals surface area contributed by atoms with Crippen molar-refractivity contribution in [3.8, 4) is 0 Å². The van der Waals surface area contributed by atoms with Gasteiger partial charge in [0.2, 0.25) is 5.91 Å². The summed E-state index contributed by atoms with van der Waals surface area (Å²) in [6, 6.07) is 0. The average Bonchev–Trinajstić information content (AvgIpc) is 3.03. The van der Waals surface area contributed by atoms with E-state index in [0.29, 0.717) is 16.7 Å². The Balaban J connectivity index is 1.40. The Hall–Kier alpha value is -0.530. The number of amides is 1. The molecule has 1 amide bonds. The first-order valence-electron chi connectivity index (χ1n) is 12.6. The largest absolute Gasteiger partial charge is 0.346 e. The second kappa shape index (κ2) is 7.95. The van der Waals surface area contributed by atoms with Gasteiger partial charge in [0, 0.05) is 20.0 Å². The van der Waals surface area contributed by atoms with E-state index in [-0.39, 0.29) is 0 Å². The van der Waals surface area contributed by atoms with Gasteiger partial charge < -0.3 is 4.90 Å². The van der Waals surface area contributed by atoms with Gasteiger partial charge in [-0.15, -0.1) is 0 Å². The summed E-state index contributed by atoms with van der Waals surface area (Å²) in [6.07, 6.45) is 18.1. The van der Waals surface area contributed by atoms with Crippen LogP contribution in [0.3, 0.4) is 0 Å². The second-order valence-corrected chi connectivity index (χ2v) is 11.5. The minimum absolute atomic E-state index is 0.342. The highest BCUT2D eigenvalue weighted by molar-refractivity contribution is 5.75. The molecule has 28 heavy (non-hydrogen) atoms. The van der Waals surface area contributed by atoms with Crippen LogP contribution in [0.1, 0.15) is 104 Å². The van der Waals surface area contributed by atoms with Crippen molar-refractivity contribution in [3.63, 3.8) is 0 Å². The standard InChI is InChI=1S/C26H45NO/c1-5-27(4)24(28)11-8-10-20-13-15-22-21-14-12-19-9-6-7-17-25(19,2)23(21)16-18-26(20,22)3/h19-23H,5-18H2,1-4H3. The van der Waals surface area contributed by atoms with Gasteiger partial charge in [-0.2, -0.15) is 0 Å². The zero-order valence-electron chi connectivity index (χ0n) is 19.1. The minimum atomic E-state index is 0.342. The Bertz CT molecular complexity index is 573. The Morgan fingerprint density at radius 3 is 2.50 bits per heavy atom. The fourth-order valence-electron chi connectivity index (χ4n) is 8.75. The van der Waals surface area contributed by atoms with Crippen LogP contribution in [0.2, 0.25) is 0 Å². The van der Waals surface area contributed by atoms with E-state index in [9.17, 15) is 4.79 Å². The minimum Gasteiger partial charge on any atom is -0.346 e. The highest BCUT2D eigenvalue weighted by atomic mass is 16.2. The van der Waals surface area contributed by atoms with Crippen LogP contribution in [0, 0.1) is 40.4 Å². The lowest BCUT2D eigenvalue weighted by atomic mass is 9.45. The van der Waals surface area contributed by atoms with Crippen molar-refractivity contribution in [3.05, 3.63) is 0 Å². The summed E-state index contributed by atoms with van der Waals surface area (Å²) in [7, 11) is 1.94. The highest BCUT2D eigenvalue weighted by Crippen LogP contribution is 2.67. The van der Waals surface area contributed by atoms with Crippen LogP contribution in [0.25, 0.3) is 0 Å². The second-order valence-electron chi connectivity index (χ2n) is 11.5. The summed E-state index contributed by atoms with van der Waals surface area (Å²) in [4.78, 5) is 14.1. The Morgan fingerprint density at radius 1 is 0.929 bits per heavy atom. The number of fused-ring (bicyclic) bond motifs is 5. The number of rotatable bonds is 5. The molecule has 160 valence electrons. The van der Waals surface area contributed by atoms with E-state index in [0.717, 1.165) is 49.0 Å². The predicted molar refractivity (Wildman–Crippen MR) is 117 cm³/mol. The molecular weight excluding hydrogens is 342 g/mol. The fraction of sp³-hybridized carbons (Fsp3) is 0.962. The van der Waals surface area contributed by atoms with Crippen molar-refractivity contribution in [1.29, 1.82) is 0 Å². The fourth-order valence-corrected chi connectivity index (χ4v) is 8.75. The molecule has 0 aromatic heterocycles. The van der Waals surface area contributed by atoms with Crippen molar-refractivity contribution in [2.24, 2.45) is 40.4 Å². The molecule has 0 aromatic rings. The molecule has 7 unspecified atom stereocenters. The molecule has 0 N–H and O–H groups in total. The molecule has 4 fully saturated rings. The first-order chi connectivity index (χ1) is 13.4. The van der Waals surface area contributed by atoms with Crippen molar-refractivity contribution < 1.29 is 4.79 Å². The maximum absolute atomic E-state index is 12.2. The van der Waals surface area contributed by atoms with E-state index in [2.05, 4.69) is 20.8 Å². The number of carbonyl (C=O) groups excluding carboxylic acids is 1. The summed E-state index contributed by atoms with van der Waals surface area (Å²) in [6.45, 7) is 8.25. The van der Waals surface area contributed by atoms with Gasteiger partial charge in [0.05, 0.1) is 0 Å².